The molecule has 36 heavy (non-hydrogen) atoms. The molecule has 7 heteroatoms. The Hall–Kier alpha value is -2.87. The molecule has 1 aromatic heterocycles. The standard InChI is InChI=1S/C29H37N5O2/c1-31-12-9-24(10-13-31)34-20-23-18-22(25-6-5-11-30-28(25)29(23)36-21-34)19-32-14-16-33(17-15-32)26-7-3-4-8-27(26)35-2/h3-8,11,18,24H,9-10,12-17,19-21H2,1-2H3. The van der Waals surface area contributed by atoms with E-state index in [0.29, 0.717) is 12.8 Å². The van der Waals surface area contributed by atoms with Crippen molar-refractivity contribution < 1.29 is 9.47 Å². The Balaban J connectivity index is 1.20. The van der Waals surface area contributed by atoms with Crippen molar-refractivity contribution in [1.82, 2.24) is 19.7 Å². The van der Waals surface area contributed by atoms with Gasteiger partial charge in [0, 0.05) is 62.5 Å². The van der Waals surface area contributed by atoms with Gasteiger partial charge in [-0.15, -0.1) is 0 Å². The highest BCUT2D eigenvalue weighted by Gasteiger charge is 2.29. The Morgan fingerprint density at radius 1 is 1.00 bits per heavy atom. The number of ether oxygens (including phenoxy) is 2. The van der Waals surface area contributed by atoms with Gasteiger partial charge in [0.05, 0.1) is 12.8 Å². The molecule has 0 bridgehead atoms. The normalized spacial score (nSPS) is 20.3. The second-order valence-electron chi connectivity index (χ2n) is 10.4. The molecule has 3 aliphatic rings. The van der Waals surface area contributed by atoms with Crippen LogP contribution in [-0.2, 0) is 13.1 Å². The molecule has 0 atom stereocenters. The van der Waals surface area contributed by atoms with Crippen molar-refractivity contribution in [1.29, 1.82) is 0 Å². The zero-order valence-corrected chi connectivity index (χ0v) is 21.5. The smallest absolute Gasteiger partial charge is 0.152 e. The van der Waals surface area contributed by atoms with Gasteiger partial charge in [0.25, 0.3) is 0 Å². The van der Waals surface area contributed by atoms with Crippen LogP contribution in [0.25, 0.3) is 10.9 Å². The number of aromatic nitrogens is 1. The molecule has 0 unspecified atom stereocenters. The minimum absolute atomic E-state index is 0.597. The topological polar surface area (TPSA) is 44.3 Å². The van der Waals surface area contributed by atoms with Crippen molar-refractivity contribution in [2.75, 3.05) is 65.1 Å². The summed E-state index contributed by atoms with van der Waals surface area (Å²) in [4.78, 5) is 14.7. The summed E-state index contributed by atoms with van der Waals surface area (Å²) in [7, 11) is 3.97. The van der Waals surface area contributed by atoms with Crippen molar-refractivity contribution in [3.8, 4) is 11.5 Å². The Morgan fingerprint density at radius 3 is 2.61 bits per heavy atom. The maximum atomic E-state index is 6.38. The lowest BCUT2D eigenvalue weighted by Gasteiger charge is -2.40. The fourth-order valence-corrected chi connectivity index (χ4v) is 6.05. The molecule has 4 heterocycles. The van der Waals surface area contributed by atoms with Gasteiger partial charge in [0.1, 0.15) is 18.0 Å². The Labute approximate surface area is 214 Å². The van der Waals surface area contributed by atoms with Gasteiger partial charge in [-0.1, -0.05) is 18.2 Å². The first-order valence-electron chi connectivity index (χ1n) is 13.2. The van der Waals surface area contributed by atoms with Crippen molar-refractivity contribution in [3.05, 3.63) is 59.8 Å². The minimum Gasteiger partial charge on any atom is -0.495 e. The Kier molecular flexibility index (Phi) is 6.69. The highest BCUT2D eigenvalue weighted by molar-refractivity contribution is 5.89. The number of benzene rings is 2. The van der Waals surface area contributed by atoms with E-state index in [1.165, 1.54) is 48.1 Å². The zero-order chi connectivity index (χ0) is 24.5. The van der Waals surface area contributed by atoms with E-state index in [2.05, 4.69) is 50.9 Å². The fourth-order valence-electron chi connectivity index (χ4n) is 6.05. The van der Waals surface area contributed by atoms with E-state index in [0.717, 1.165) is 56.3 Å². The van der Waals surface area contributed by atoms with E-state index in [1.54, 1.807) is 7.11 Å². The van der Waals surface area contributed by atoms with Gasteiger partial charge in [-0.25, -0.2) is 0 Å². The summed E-state index contributed by atoms with van der Waals surface area (Å²) in [5, 5.41) is 1.22. The SMILES string of the molecule is COc1ccccc1N1CCN(Cc2cc3c(c4ncccc24)OCN(C2CCN(C)CC2)C3)CC1. The van der Waals surface area contributed by atoms with Gasteiger partial charge in [-0.05, 0) is 62.8 Å². The molecule has 2 saturated heterocycles. The minimum atomic E-state index is 0.597. The summed E-state index contributed by atoms with van der Waals surface area (Å²) in [6.45, 7) is 8.91. The van der Waals surface area contributed by atoms with Crippen LogP contribution in [0.5, 0.6) is 11.5 Å². The van der Waals surface area contributed by atoms with Gasteiger partial charge in [0.2, 0.25) is 0 Å². The summed E-state index contributed by atoms with van der Waals surface area (Å²) in [5.74, 6) is 1.94. The lowest BCUT2D eigenvalue weighted by atomic mass is 9.98. The summed E-state index contributed by atoms with van der Waals surface area (Å²) >= 11 is 0. The van der Waals surface area contributed by atoms with Crippen LogP contribution in [0.1, 0.15) is 24.0 Å². The molecule has 0 aliphatic carbocycles. The lowest BCUT2D eigenvalue weighted by molar-refractivity contribution is 0.0301. The summed E-state index contributed by atoms with van der Waals surface area (Å²) in [5.41, 5.74) is 4.85. The number of piperazine rings is 1. The maximum absolute atomic E-state index is 6.38. The average molecular weight is 488 g/mol. The number of rotatable bonds is 5. The first kappa shape index (κ1) is 23.5. The van der Waals surface area contributed by atoms with Gasteiger partial charge in [-0.2, -0.15) is 0 Å². The van der Waals surface area contributed by atoms with Gasteiger partial charge >= 0.3 is 0 Å². The maximum Gasteiger partial charge on any atom is 0.152 e. The number of para-hydroxylation sites is 2. The van der Waals surface area contributed by atoms with Crippen molar-refractivity contribution in [2.24, 2.45) is 0 Å². The van der Waals surface area contributed by atoms with Gasteiger partial charge in [-0.3, -0.25) is 14.8 Å². The third kappa shape index (κ3) is 4.63. The van der Waals surface area contributed by atoms with Crippen LogP contribution in [0.3, 0.4) is 0 Å². The molecule has 0 N–H and O–H groups in total. The molecule has 190 valence electrons. The van der Waals surface area contributed by atoms with E-state index < -0.39 is 0 Å². The predicted molar refractivity (Wildman–Crippen MR) is 144 cm³/mol. The van der Waals surface area contributed by atoms with E-state index >= 15 is 0 Å². The molecular weight excluding hydrogens is 450 g/mol. The first-order valence-corrected chi connectivity index (χ1v) is 13.2. The number of hydrogen-bond acceptors (Lipinski definition) is 7. The summed E-state index contributed by atoms with van der Waals surface area (Å²) in [6, 6.07) is 15.6. The highest BCUT2D eigenvalue weighted by atomic mass is 16.5. The second kappa shape index (κ2) is 10.2. The molecule has 6 rings (SSSR count). The van der Waals surface area contributed by atoms with E-state index in [9.17, 15) is 0 Å². The van der Waals surface area contributed by atoms with Crippen molar-refractivity contribution in [3.63, 3.8) is 0 Å². The van der Waals surface area contributed by atoms with E-state index in [4.69, 9.17) is 14.5 Å². The molecular formula is C29H37N5O2. The number of anilines is 1. The summed E-state index contributed by atoms with van der Waals surface area (Å²) in [6.07, 6.45) is 4.32. The van der Waals surface area contributed by atoms with Crippen LogP contribution < -0.4 is 14.4 Å². The number of hydrogen-bond donors (Lipinski definition) is 0. The number of nitrogens with zero attached hydrogens (tertiary/aromatic N) is 5. The first-order chi connectivity index (χ1) is 17.7. The van der Waals surface area contributed by atoms with Crippen LogP contribution in [0.2, 0.25) is 0 Å². The van der Waals surface area contributed by atoms with Gasteiger partial charge in [0.15, 0.2) is 5.75 Å². The number of pyridine rings is 1. The van der Waals surface area contributed by atoms with Crippen LogP contribution in [-0.4, -0.2) is 85.9 Å². The predicted octanol–water partition coefficient (Wildman–Crippen LogP) is 3.81. The third-order valence-corrected chi connectivity index (χ3v) is 8.15. The number of likely N-dealkylation sites (tertiary alicyclic amines) is 1. The molecule has 0 amide bonds. The number of piperidine rings is 1. The molecule has 7 nitrogen and oxygen atoms in total. The molecule has 0 spiro atoms. The Bertz CT molecular complexity index is 1200. The fraction of sp³-hybridized carbons (Fsp3) is 0.483. The molecule has 3 aromatic rings. The molecule has 0 radical (unpaired) electrons. The monoisotopic (exact) mass is 487 g/mol. The van der Waals surface area contributed by atoms with Gasteiger partial charge < -0.3 is 19.3 Å². The van der Waals surface area contributed by atoms with E-state index in [-0.39, 0.29) is 0 Å². The summed E-state index contributed by atoms with van der Waals surface area (Å²) < 4.78 is 12.0. The Morgan fingerprint density at radius 2 is 1.81 bits per heavy atom. The third-order valence-electron chi connectivity index (χ3n) is 8.15. The van der Waals surface area contributed by atoms with Crippen LogP contribution in [0, 0.1) is 0 Å². The largest absolute Gasteiger partial charge is 0.495 e. The highest BCUT2D eigenvalue weighted by Crippen LogP contribution is 2.37. The molecule has 0 saturated carbocycles. The zero-order valence-electron chi connectivity index (χ0n) is 21.5. The molecule has 3 aliphatic heterocycles. The van der Waals surface area contributed by atoms with Crippen molar-refractivity contribution >= 4 is 16.6 Å². The lowest BCUT2D eigenvalue weighted by Crippen LogP contribution is -2.46. The van der Waals surface area contributed by atoms with Crippen LogP contribution >= 0.6 is 0 Å². The van der Waals surface area contributed by atoms with Crippen molar-refractivity contribution in [2.45, 2.75) is 32.0 Å². The van der Waals surface area contributed by atoms with Crippen LogP contribution in [0.15, 0.2) is 48.7 Å². The van der Waals surface area contributed by atoms with Crippen LogP contribution in [0.4, 0.5) is 5.69 Å². The number of fused-ring (bicyclic) bond motifs is 3. The number of methoxy groups -OCH3 is 1. The van der Waals surface area contributed by atoms with E-state index in [1.807, 2.05) is 24.4 Å². The molecule has 2 fully saturated rings. The average Bonchev–Trinajstić information content (AvgIpc) is 2.94. The second-order valence-corrected chi connectivity index (χ2v) is 10.4. The molecule has 2 aromatic carbocycles. The quantitative estimate of drug-likeness (QED) is 0.542.